The lowest BCUT2D eigenvalue weighted by atomic mass is 10.2. The number of nitro groups is 1. The van der Waals surface area contributed by atoms with E-state index in [1.807, 2.05) is 12.1 Å². The van der Waals surface area contributed by atoms with Crippen molar-refractivity contribution in [3.8, 4) is 5.75 Å². The van der Waals surface area contributed by atoms with Crippen LogP contribution in [0.3, 0.4) is 0 Å². The molecular weight excluding hydrogens is 324 g/mol. The maximum Gasteiger partial charge on any atom is 0.269 e. The number of phenols is 1. The van der Waals surface area contributed by atoms with Crippen LogP contribution in [0, 0.1) is 10.1 Å². The molecule has 0 fully saturated rings. The molecule has 0 bridgehead atoms. The minimum atomic E-state index is -0.420. The Labute approximate surface area is 124 Å². The molecule has 0 spiro atoms. The molecule has 2 aromatic carbocycles. The van der Waals surface area contributed by atoms with E-state index in [-0.39, 0.29) is 11.4 Å². The van der Waals surface area contributed by atoms with Crippen molar-refractivity contribution in [1.29, 1.82) is 0 Å². The first kappa shape index (κ1) is 14.5. The molecule has 0 radical (unpaired) electrons. The fourth-order valence-electron chi connectivity index (χ4n) is 1.78. The summed E-state index contributed by atoms with van der Waals surface area (Å²) < 4.78 is 0.659. The lowest BCUT2D eigenvalue weighted by molar-refractivity contribution is -0.384. The predicted molar refractivity (Wildman–Crippen MR) is 79.4 cm³/mol. The van der Waals surface area contributed by atoms with E-state index in [4.69, 9.17) is 0 Å². The Morgan fingerprint density at radius 2 is 1.85 bits per heavy atom. The summed E-state index contributed by atoms with van der Waals surface area (Å²) in [5, 5.41) is 23.6. The van der Waals surface area contributed by atoms with Crippen LogP contribution in [0.2, 0.25) is 0 Å². The molecule has 0 aliphatic heterocycles. The zero-order valence-corrected chi connectivity index (χ0v) is 12.1. The third kappa shape index (κ3) is 3.55. The molecule has 104 valence electrons. The van der Waals surface area contributed by atoms with Crippen molar-refractivity contribution in [2.75, 3.05) is 0 Å². The Bertz CT molecular complexity index is 614. The van der Waals surface area contributed by atoms with E-state index >= 15 is 0 Å². The number of benzene rings is 2. The molecule has 0 saturated carbocycles. The number of nitrogens with one attached hydrogen (secondary N) is 1. The van der Waals surface area contributed by atoms with Crippen LogP contribution in [0.15, 0.2) is 46.9 Å². The van der Waals surface area contributed by atoms with Gasteiger partial charge >= 0.3 is 0 Å². The summed E-state index contributed by atoms with van der Waals surface area (Å²) in [5.74, 6) is 0.226. The van der Waals surface area contributed by atoms with Gasteiger partial charge < -0.3 is 10.4 Å². The van der Waals surface area contributed by atoms with Crippen LogP contribution >= 0.6 is 15.9 Å². The number of hydrogen-bond donors (Lipinski definition) is 2. The Morgan fingerprint density at radius 3 is 2.50 bits per heavy atom. The first-order chi connectivity index (χ1) is 9.58. The highest BCUT2D eigenvalue weighted by Gasteiger charge is 2.05. The van der Waals surface area contributed by atoms with E-state index in [0.29, 0.717) is 17.6 Å². The van der Waals surface area contributed by atoms with Crippen LogP contribution in [0.25, 0.3) is 0 Å². The fraction of sp³-hybridized carbons (Fsp3) is 0.143. The largest absolute Gasteiger partial charge is 0.506 e. The van der Waals surface area contributed by atoms with Gasteiger partial charge in [0.1, 0.15) is 5.75 Å². The highest BCUT2D eigenvalue weighted by atomic mass is 79.9. The van der Waals surface area contributed by atoms with Gasteiger partial charge in [0.25, 0.3) is 5.69 Å². The highest BCUT2D eigenvalue weighted by molar-refractivity contribution is 9.10. The summed E-state index contributed by atoms with van der Waals surface area (Å²) in [6, 6.07) is 11.9. The van der Waals surface area contributed by atoms with Gasteiger partial charge in [0, 0.05) is 30.8 Å². The summed E-state index contributed by atoms with van der Waals surface area (Å²) >= 11 is 3.26. The number of phenolic OH excluding ortho intramolecular Hbond substituents is 1. The first-order valence-electron chi connectivity index (χ1n) is 5.98. The van der Waals surface area contributed by atoms with Gasteiger partial charge in [-0.1, -0.05) is 24.3 Å². The quantitative estimate of drug-likeness (QED) is 0.648. The Balaban J connectivity index is 1.92. The molecule has 6 heteroatoms. The monoisotopic (exact) mass is 336 g/mol. The Morgan fingerprint density at radius 1 is 1.15 bits per heavy atom. The smallest absolute Gasteiger partial charge is 0.269 e. The maximum atomic E-state index is 10.5. The van der Waals surface area contributed by atoms with Crippen molar-refractivity contribution in [1.82, 2.24) is 5.32 Å². The van der Waals surface area contributed by atoms with Gasteiger partial charge in [-0.05, 0) is 27.6 Å². The molecule has 20 heavy (non-hydrogen) atoms. The van der Waals surface area contributed by atoms with Crippen LogP contribution < -0.4 is 5.32 Å². The molecule has 5 nitrogen and oxygen atoms in total. The normalized spacial score (nSPS) is 10.4. The summed E-state index contributed by atoms with van der Waals surface area (Å²) in [7, 11) is 0. The minimum Gasteiger partial charge on any atom is -0.506 e. The second kappa shape index (κ2) is 6.49. The fourth-order valence-corrected chi connectivity index (χ4v) is 2.19. The standard InChI is InChI=1S/C14H13BrN2O3/c15-13-3-1-2-11(14(13)18)9-16-8-10-4-6-12(7-5-10)17(19)20/h1-7,16,18H,8-9H2. The molecule has 0 heterocycles. The van der Waals surface area contributed by atoms with Gasteiger partial charge in [0.15, 0.2) is 0 Å². The summed E-state index contributed by atoms with van der Waals surface area (Å²) in [4.78, 5) is 10.1. The van der Waals surface area contributed by atoms with E-state index in [1.165, 1.54) is 12.1 Å². The topological polar surface area (TPSA) is 75.4 Å². The Kier molecular flexibility index (Phi) is 4.70. The third-order valence-corrected chi connectivity index (χ3v) is 3.50. The highest BCUT2D eigenvalue weighted by Crippen LogP contribution is 2.27. The average molecular weight is 337 g/mol. The molecule has 0 aromatic heterocycles. The number of aromatic hydroxyl groups is 1. The van der Waals surface area contributed by atoms with Crippen molar-refractivity contribution in [3.63, 3.8) is 0 Å². The average Bonchev–Trinajstić information content (AvgIpc) is 2.44. The number of rotatable bonds is 5. The molecule has 2 rings (SSSR count). The molecule has 0 aliphatic rings. The zero-order valence-electron chi connectivity index (χ0n) is 10.5. The van der Waals surface area contributed by atoms with Crippen LogP contribution in [0.5, 0.6) is 5.75 Å². The van der Waals surface area contributed by atoms with Gasteiger partial charge in [-0.15, -0.1) is 0 Å². The number of nitro benzene ring substituents is 1. The molecule has 0 amide bonds. The molecule has 0 aliphatic carbocycles. The van der Waals surface area contributed by atoms with Crippen LogP contribution in [-0.2, 0) is 13.1 Å². The second-order valence-corrected chi connectivity index (χ2v) is 5.13. The lowest BCUT2D eigenvalue weighted by Crippen LogP contribution is -2.12. The molecule has 0 saturated heterocycles. The van der Waals surface area contributed by atoms with E-state index in [1.54, 1.807) is 18.2 Å². The van der Waals surface area contributed by atoms with E-state index in [0.717, 1.165) is 11.1 Å². The van der Waals surface area contributed by atoms with Gasteiger partial charge in [0.2, 0.25) is 0 Å². The van der Waals surface area contributed by atoms with E-state index < -0.39 is 4.92 Å². The van der Waals surface area contributed by atoms with Gasteiger partial charge in [-0.2, -0.15) is 0 Å². The maximum absolute atomic E-state index is 10.5. The number of halogens is 1. The molecular formula is C14H13BrN2O3. The van der Waals surface area contributed by atoms with E-state index in [9.17, 15) is 15.2 Å². The van der Waals surface area contributed by atoms with Crippen molar-refractivity contribution in [2.45, 2.75) is 13.1 Å². The van der Waals surface area contributed by atoms with Crippen molar-refractivity contribution in [2.24, 2.45) is 0 Å². The van der Waals surface area contributed by atoms with Crippen molar-refractivity contribution >= 4 is 21.6 Å². The minimum absolute atomic E-state index is 0.0818. The van der Waals surface area contributed by atoms with Gasteiger partial charge in [-0.3, -0.25) is 10.1 Å². The van der Waals surface area contributed by atoms with E-state index in [2.05, 4.69) is 21.2 Å². The third-order valence-electron chi connectivity index (χ3n) is 2.86. The lowest BCUT2D eigenvalue weighted by Gasteiger charge is -2.08. The van der Waals surface area contributed by atoms with Crippen molar-refractivity contribution < 1.29 is 10.0 Å². The Hall–Kier alpha value is -1.92. The van der Waals surface area contributed by atoms with Gasteiger partial charge in [-0.25, -0.2) is 0 Å². The number of hydrogen-bond acceptors (Lipinski definition) is 4. The van der Waals surface area contributed by atoms with Gasteiger partial charge in [0.05, 0.1) is 9.40 Å². The van der Waals surface area contributed by atoms with Crippen molar-refractivity contribution in [3.05, 3.63) is 68.2 Å². The first-order valence-corrected chi connectivity index (χ1v) is 6.77. The number of nitrogens with zero attached hydrogens (tertiary/aromatic N) is 1. The zero-order chi connectivity index (χ0) is 14.5. The van der Waals surface area contributed by atoms with Crippen LogP contribution in [0.1, 0.15) is 11.1 Å². The molecule has 0 unspecified atom stereocenters. The number of para-hydroxylation sites is 1. The van der Waals surface area contributed by atoms with Crippen LogP contribution in [-0.4, -0.2) is 10.0 Å². The molecule has 2 aromatic rings. The summed E-state index contributed by atoms with van der Waals surface area (Å²) in [6.45, 7) is 1.09. The predicted octanol–water partition coefficient (Wildman–Crippen LogP) is 3.35. The second-order valence-electron chi connectivity index (χ2n) is 4.27. The van der Waals surface area contributed by atoms with Crippen LogP contribution in [0.4, 0.5) is 5.69 Å². The SMILES string of the molecule is O=[N+]([O-])c1ccc(CNCc2cccc(Br)c2O)cc1. The summed E-state index contributed by atoms with van der Waals surface area (Å²) in [5.41, 5.74) is 1.82. The molecule has 2 N–H and O–H groups in total. The summed E-state index contributed by atoms with van der Waals surface area (Å²) in [6.07, 6.45) is 0. The number of non-ortho nitro benzene ring substituents is 1. The molecule has 0 atom stereocenters.